The molecule has 1 aromatic carbocycles. The summed E-state index contributed by atoms with van der Waals surface area (Å²) in [7, 11) is 0. The molecule has 0 aliphatic heterocycles. The van der Waals surface area contributed by atoms with Crippen molar-refractivity contribution in [1.82, 2.24) is 5.32 Å². The lowest BCUT2D eigenvalue weighted by molar-refractivity contribution is -0.175. The number of benzene rings is 1. The first-order valence-electron chi connectivity index (χ1n) is 8.87. The predicted molar refractivity (Wildman–Crippen MR) is 97.9 cm³/mol. The maximum absolute atomic E-state index is 12.1. The number of hydrogen-bond donors (Lipinski definition) is 2. The molecule has 0 radical (unpaired) electrons. The minimum atomic E-state index is -1.52. The van der Waals surface area contributed by atoms with Crippen LogP contribution in [0.3, 0.4) is 0 Å². The smallest absolute Gasteiger partial charge is 0.339 e. The first kappa shape index (κ1) is 20.7. The lowest BCUT2D eigenvalue weighted by atomic mass is 10.00. The van der Waals surface area contributed by atoms with E-state index in [1.54, 1.807) is 20.8 Å². The Kier molecular flexibility index (Phi) is 7.91. The summed E-state index contributed by atoms with van der Waals surface area (Å²) in [5.41, 5.74) is -0.817. The highest BCUT2D eigenvalue weighted by Crippen LogP contribution is 2.15. The third kappa shape index (κ3) is 7.93. The Morgan fingerprint density at radius 2 is 1.79 bits per heavy atom. The standard InChI is InChI=1S/C20H33NO3/c1-6-10-17(14-13-16-11-8-7-9-12-16)21-15-20(5,23)18(22)24-19(2,3)4/h7-9,11-12,17,21,23H,6,10,13-15H2,1-5H3/t17-,20+/m1/s1. The maximum atomic E-state index is 12.1. The van der Waals surface area contributed by atoms with E-state index in [0.717, 1.165) is 25.7 Å². The van der Waals surface area contributed by atoms with Gasteiger partial charge >= 0.3 is 5.97 Å². The van der Waals surface area contributed by atoms with Gasteiger partial charge < -0.3 is 15.2 Å². The van der Waals surface area contributed by atoms with Crippen LogP contribution in [0.1, 0.15) is 59.4 Å². The molecular formula is C20H33NO3. The minimum absolute atomic E-state index is 0.196. The average molecular weight is 335 g/mol. The Morgan fingerprint density at radius 1 is 1.17 bits per heavy atom. The first-order chi connectivity index (χ1) is 11.1. The SMILES string of the molecule is CCC[C@H](CCc1ccccc1)NC[C@](C)(O)C(=O)OC(C)(C)C. The molecule has 136 valence electrons. The molecule has 0 heterocycles. The molecule has 4 heteroatoms. The average Bonchev–Trinajstić information content (AvgIpc) is 2.49. The molecule has 0 amide bonds. The Hall–Kier alpha value is -1.39. The number of carbonyl (C=O) groups excluding carboxylic acids is 1. The van der Waals surface area contributed by atoms with Crippen LogP contribution in [-0.4, -0.2) is 34.9 Å². The molecule has 0 saturated carbocycles. The summed E-state index contributed by atoms with van der Waals surface area (Å²) in [5, 5.41) is 13.8. The first-order valence-corrected chi connectivity index (χ1v) is 8.87. The molecule has 0 aliphatic carbocycles. The molecule has 0 fully saturated rings. The van der Waals surface area contributed by atoms with Crippen molar-refractivity contribution in [2.24, 2.45) is 0 Å². The topological polar surface area (TPSA) is 58.6 Å². The molecule has 0 spiro atoms. The third-order valence-corrected chi connectivity index (χ3v) is 3.84. The Morgan fingerprint density at radius 3 is 2.33 bits per heavy atom. The normalized spacial score (nSPS) is 15.6. The second-order valence-corrected chi connectivity index (χ2v) is 7.67. The van der Waals surface area contributed by atoms with Crippen LogP contribution in [0.4, 0.5) is 0 Å². The third-order valence-electron chi connectivity index (χ3n) is 3.84. The zero-order valence-corrected chi connectivity index (χ0v) is 15.8. The van der Waals surface area contributed by atoms with Gasteiger partial charge in [-0.15, -0.1) is 0 Å². The van der Waals surface area contributed by atoms with Gasteiger partial charge in [-0.1, -0.05) is 43.7 Å². The van der Waals surface area contributed by atoms with Crippen molar-refractivity contribution in [2.75, 3.05) is 6.54 Å². The molecular weight excluding hydrogens is 302 g/mol. The second-order valence-electron chi connectivity index (χ2n) is 7.67. The lowest BCUT2D eigenvalue weighted by Crippen LogP contribution is -2.50. The molecule has 1 aromatic rings. The van der Waals surface area contributed by atoms with Crippen LogP contribution >= 0.6 is 0 Å². The highest BCUT2D eigenvalue weighted by Gasteiger charge is 2.35. The Bertz CT molecular complexity index is 491. The largest absolute Gasteiger partial charge is 0.458 e. The number of nitrogens with one attached hydrogen (secondary N) is 1. The number of rotatable bonds is 9. The monoisotopic (exact) mass is 335 g/mol. The summed E-state index contributed by atoms with van der Waals surface area (Å²) in [4.78, 5) is 12.1. The molecule has 0 bridgehead atoms. The van der Waals surface area contributed by atoms with Gasteiger partial charge in [0.05, 0.1) is 0 Å². The van der Waals surface area contributed by atoms with Crippen LogP contribution in [0.15, 0.2) is 30.3 Å². The van der Waals surface area contributed by atoms with Crippen LogP contribution in [-0.2, 0) is 16.0 Å². The fraction of sp³-hybridized carbons (Fsp3) is 0.650. The molecule has 4 nitrogen and oxygen atoms in total. The molecule has 0 unspecified atom stereocenters. The highest BCUT2D eigenvalue weighted by atomic mass is 16.6. The van der Waals surface area contributed by atoms with Crippen LogP contribution in [0, 0.1) is 0 Å². The van der Waals surface area contributed by atoms with Crippen molar-refractivity contribution in [3.63, 3.8) is 0 Å². The van der Waals surface area contributed by atoms with Crippen molar-refractivity contribution in [2.45, 2.75) is 77.5 Å². The zero-order valence-electron chi connectivity index (χ0n) is 15.8. The van der Waals surface area contributed by atoms with Crippen molar-refractivity contribution >= 4 is 5.97 Å². The van der Waals surface area contributed by atoms with Gasteiger partial charge in [0.15, 0.2) is 5.60 Å². The van der Waals surface area contributed by atoms with Crippen molar-refractivity contribution in [3.05, 3.63) is 35.9 Å². The lowest BCUT2D eigenvalue weighted by Gasteiger charge is -2.29. The predicted octanol–water partition coefficient (Wildman–Crippen LogP) is 3.47. The Balaban J connectivity index is 2.53. The fourth-order valence-electron chi connectivity index (χ4n) is 2.49. The molecule has 0 aliphatic rings. The molecule has 2 N–H and O–H groups in total. The quantitative estimate of drug-likeness (QED) is 0.679. The van der Waals surface area contributed by atoms with Gasteiger partial charge in [0, 0.05) is 12.6 Å². The molecule has 2 atom stereocenters. The highest BCUT2D eigenvalue weighted by molar-refractivity contribution is 5.79. The molecule has 0 aromatic heterocycles. The summed E-state index contributed by atoms with van der Waals surface area (Å²) in [6.07, 6.45) is 4.02. The van der Waals surface area contributed by atoms with Crippen molar-refractivity contribution in [1.29, 1.82) is 0 Å². The maximum Gasteiger partial charge on any atom is 0.339 e. The zero-order chi connectivity index (χ0) is 18.2. The van der Waals surface area contributed by atoms with Crippen molar-refractivity contribution < 1.29 is 14.6 Å². The van der Waals surface area contributed by atoms with Gasteiger partial charge in [-0.05, 0) is 52.5 Å². The van der Waals surface area contributed by atoms with Crippen LogP contribution in [0.2, 0.25) is 0 Å². The van der Waals surface area contributed by atoms with E-state index in [4.69, 9.17) is 4.74 Å². The van der Waals surface area contributed by atoms with E-state index in [1.807, 2.05) is 18.2 Å². The van der Waals surface area contributed by atoms with E-state index in [-0.39, 0.29) is 12.6 Å². The van der Waals surface area contributed by atoms with Crippen molar-refractivity contribution in [3.8, 4) is 0 Å². The minimum Gasteiger partial charge on any atom is -0.458 e. The van der Waals surface area contributed by atoms with E-state index in [1.165, 1.54) is 12.5 Å². The Labute approximate surface area is 146 Å². The summed E-state index contributed by atoms with van der Waals surface area (Å²) in [5.74, 6) is -0.583. The van der Waals surface area contributed by atoms with Gasteiger partial charge in [0.1, 0.15) is 5.60 Å². The van der Waals surface area contributed by atoms with Crippen LogP contribution < -0.4 is 5.32 Å². The summed E-state index contributed by atoms with van der Waals surface area (Å²) < 4.78 is 5.30. The van der Waals surface area contributed by atoms with E-state index in [9.17, 15) is 9.90 Å². The molecule has 0 saturated heterocycles. The van der Waals surface area contributed by atoms with Crippen LogP contribution in [0.5, 0.6) is 0 Å². The number of carbonyl (C=O) groups is 1. The van der Waals surface area contributed by atoms with Gasteiger partial charge in [-0.3, -0.25) is 0 Å². The number of ether oxygens (including phenoxy) is 1. The van der Waals surface area contributed by atoms with Gasteiger partial charge in [-0.2, -0.15) is 0 Å². The summed E-state index contributed by atoms with van der Waals surface area (Å²) in [6, 6.07) is 10.6. The summed E-state index contributed by atoms with van der Waals surface area (Å²) in [6.45, 7) is 9.25. The number of aryl methyl sites for hydroxylation is 1. The van der Waals surface area contributed by atoms with E-state index in [0.29, 0.717) is 0 Å². The van der Waals surface area contributed by atoms with Crippen LogP contribution in [0.25, 0.3) is 0 Å². The van der Waals surface area contributed by atoms with Gasteiger partial charge in [-0.25, -0.2) is 4.79 Å². The molecule has 1 rings (SSSR count). The number of hydrogen-bond acceptors (Lipinski definition) is 4. The van der Waals surface area contributed by atoms with Gasteiger partial charge in [0.25, 0.3) is 0 Å². The van der Waals surface area contributed by atoms with Gasteiger partial charge in [0.2, 0.25) is 0 Å². The number of aliphatic hydroxyl groups is 1. The summed E-state index contributed by atoms with van der Waals surface area (Å²) >= 11 is 0. The fourth-order valence-corrected chi connectivity index (χ4v) is 2.49. The van der Waals surface area contributed by atoms with E-state index in [2.05, 4.69) is 24.4 Å². The number of esters is 1. The second kappa shape index (κ2) is 9.19. The van der Waals surface area contributed by atoms with E-state index < -0.39 is 17.2 Å². The molecule has 24 heavy (non-hydrogen) atoms. The van der Waals surface area contributed by atoms with E-state index >= 15 is 0 Å².